The van der Waals surface area contributed by atoms with Gasteiger partial charge < -0.3 is 0 Å². The molecule has 0 aromatic rings. The predicted octanol–water partition coefficient (Wildman–Crippen LogP) is 7.62. The number of alkyl halides is 2. The Labute approximate surface area is 167 Å². The molecule has 0 heterocycles. The molecule has 27 heavy (non-hydrogen) atoms. The van der Waals surface area contributed by atoms with Crippen LogP contribution in [0.2, 0.25) is 0 Å². The molecule has 156 valence electrons. The Morgan fingerprint density at radius 3 is 1.81 bits per heavy atom. The van der Waals surface area contributed by atoms with Crippen LogP contribution in [0, 0.1) is 53.3 Å². The third-order valence-electron chi connectivity index (χ3n) is 7.74. The van der Waals surface area contributed by atoms with E-state index in [2.05, 4.69) is 18.8 Å². The van der Waals surface area contributed by atoms with Crippen LogP contribution in [0.4, 0.5) is 8.78 Å². The van der Waals surface area contributed by atoms with E-state index in [4.69, 9.17) is 0 Å². The summed E-state index contributed by atoms with van der Waals surface area (Å²) < 4.78 is 28.8. The van der Waals surface area contributed by atoms with Crippen LogP contribution in [0.3, 0.4) is 0 Å². The van der Waals surface area contributed by atoms with Gasteiger partial charge in [0.1, 0.15) is 12.3 Å². The van der Waals surface area contributed by atoms with Crippen LogP contribution >= 0.6 is 0 Å². The Morgan fingerprint density at radius 1 is 0.704 bits per heavy atom. The van der Waals surface area contributed by atoms with E-state index < -0.39 is 12.3 Å². The average molecular weight is 381 g/mol. The maximum atomic E-state index is 14.5. The van der Waals surface area contributed by atoms with E-state index in [1.807, 2.05) is 13.8 Å². The number of hydrogen-bond acceptors (Lipinski definition) is 0. The summed E-state index contributed by atoms with van der Waals surface area (Å²) in [5, 5.41) is 0. The van der Waals surface area contributed by atoms with Crippen molar-refractivity contribution in [3.8, 4) is 11.8 Å². The van der Waals surface area contributed by atoms with Crippen molar-refractivity contribution in [2.45, 2.75) is 105 Å². The summed E-state index contributed by atoms with van der Waals surface area (Å²) in [5.41, 5.74) is 0. The molecule has 3 rings (SSSR count). The minimum absolute atomic E-state index is 0. The van der Waals surface area contributed by atoms with Gasteiger partial charge in [-0.3, -0.25) is 0 Å². The van der Waals surface area contributed by atoms with E-state index in [9.17, 15) is 8.78 Å². The Balaban J connectivity index is 0.00000261. The normalized spacial score (nSPS) is 42.7. The first-order chi connectivity index (χ1) is 12.5. The summed E-state index contributed by atoms with van der Waals surface area (Å²) >= 11 is 0. The minimum Gasteiger partial charge on any atom is -0.244 e. The fourth-order valence-corrected chi connectivity index (χ4v) is 5.72. The standard InChI is InChI=1S/C24H38F2.CH4/c1-16(2)22-15-14-21(23(25)24(22)26)13-8-18-6-11-20(12-7-18)19-9-4-17(3)5-10-19;/h16-24H,4-7,9-12,14-15H2,1-3H3;1H4. The molecule has 0 aromatic carbocycles. The highest BCUT2D eigenvalue weighted by atomic mass is 19.2. The Kier molecular flexibility index (Phi) is 8.64. The van der Waals surface area contributed by atoms with Crippen molar-refractivity contribution in [1.29, 1.82) is 0 Å². The smallest absolute Gasteiger partial charge is 0.145 e. The second-order valence-electron chi connectivity index (χ2n) is 9.90. The summed E-state index contributed by atoms with van der Waals surface area (Å²) in [7, 11) is 0. The van der Waals surface area contributed by atoms with Crippen molar-refractivity contribution in [3.63, 3.8) is 0 Å². The van der Waals surface area contributed by atoms with Crippen molar-refractivity contribution in [1.82, 2.24) is 0 Å². The van der Waals surface area contributed by atoms with Crippen LogP contribution in [-0.4, -0.2) is 12.3 Å². The van der Waals surface area contributed by atoms with Gasteiger partial charge in [-0.05, 0) is 81.0 Å². The molecule has 0 aromatic heterocycles. The zero-order valence-corrected chi connectivity index (χ0v) is 17.0. The Hall–Kier alpha value is -0.580. The molecule has 3 fully saturated rings. The van der Waals surface area contributed by atoms with Crippen LogP contribution in [0.5, 0.6) is 0 Å². The Bertz CT molecular complexity index is 486. The topological polar surface area (TPSA) is 0 Å². The average Bonchev–Trinajstić information content (AvgIpc) is 2.64. The molecule has 0 nitrogen and oxygen atoms in total. The molecule has 2 heteroatoms. The molecule has 0 amide bonds. The number of halogens is 2. The highest BCUT2D eigenvalue weighted by molar-refractivity contribution is 5.12. The van der Waals surface area contributed by atoms with E-state index in [0.29, 0.717) is 5.92 Å². The van der Waals surface area contributed by atoms with Crippen molar-refractivity contribution in [3.05, 3.63) is 0 Å². The molecular weight excluding hydrogens is 338 g/mol. The lowest BCUT2D eigenvalue weighted by Crippen LogP contribution is -2.39. The molecular formula is C25H42F2. The van der Waals surface area contributed by atoms with E-state index >= 15 is 0 Å². The molecule has 4 unspecified atom stereocenters. The van der Waals surface area contributed by atoms with Crippen LogP contribution in [-0.2, 0) is 0 Å². The number of hydrogen-bond donors (Lipinski definition) is 0. The molecule has 0 aliphatic heterocycles. The summed E-state index contributed by atoms with van der Waals surface area (Å²) in [6.45, 7) is 6.39. The van der Waals surface area contributed by atoms with Crippen LogP contribution < -0.4 is 0 Å². The largest absolute Gasteiger partial charge is 0.244 e. The van der Waals surface area contributed by atoms with Gasteiger partial charge in [0.25, 0.3) is 0 Å². The van der Waals surface area contributed by atoms with Crippen LogP contribution in [0.25, 0.3) is 0 Å². The van der Waals surface area contributed by atoms with E-state index in [1.54, 1.807) is 0 Å². The SMILES string of the molecule is C.CC1CCC(C2CCC(C#CC3CCC(C(C)C)C(F)C3F)CC2)CC1. The van der Waals surface area contributed by atoms with E-state index in [-0.39, 0.29) is 25.2 Å². The minimum atomic E-state index is -1.38. The van der Waals surface area contributed by atoms with Crippen LogP contribution in [0.1, 0.15) is 92.4 Å². The lowest BCUT2D eigenvalue weighted by atomic mass is 9.69. The van der Waals surface area contributed by atoms with Crippen LogP contribution in [0.15, 0.2) is 0 Å². The Morgan fingerprint density at radius 2 is 1.26 bits per heavy atom. The fraction of sp³-hybridized carbons (Fsp3) is 0.920. The lowest BCUT2D eigenvalue weighted by molar-refractivity contribution is 0.0228. The predicted molar refractivity (Wildman–Crippen MR) is 112 cm³/mol. The monoisotopic (exact) mass is 380 g/mol. The first-order valence-electron chi connectivity index (χ1n) is 11.2. The lowest BCUT2D eigenvalue weighted by Gasteiger charge is -2.36. The summed E-state index contributed by atoms with van der Waals surface area (Å²) in [4.78, 5) is 0. The van der Waals surface area contributed by atoms with Gasteiger partial charge in [0.15, 0.2) is 0 Å². The van der Waals surface area contributed by atoms with Gasteiger partial charge in [-0.1, -0.05) is 52.9 Å². The second-order valence-corrected chi connectivity index (χ2v) is 9.90. The summed E-state index contributed by atoms with van der Waals surface area (Å²) in [5.74, 6) is 9.41. The third kappa shape index (κ3) is 5.71. The molecule has 4 atom stereocenters. The molecule has 0 bridgehead atoms. The van der Waals surface area contributed by atoms with Gasteiger partial charge in [-0.25, -0.2) is 8.78 Å². The van der Waals surface area contributed by atoms with Gasteiger partial charge in [-0.15, -0.1) is 0 Å². The highest BCUT2D eigenvalue weighted by Gasteiger charge is 2.40. The van der Waals surface area contributed by atoms with E-state index in [0.717, 1.165) is 30.6 Å². The molecule has 0 spiro atoms. The van der Waals surface area contributed by atoms with Crippen molar-refractivity contribution in [2.75, 3.05) is 0 Å². The first kappa shape index (κ1) is 22.7. The van der Waals surface area contributed by atoms with Crippen molar-refractivity contribution in [2.24, 2.45) is 41.4 Å². The third-order valence-corrected chi connectivity index (χ3v) is 7.74. The zero-order chi connectivity index (χ0) is 18.7. The van der Waals surface area contributed by atoms with E-state index in [1.165, 1.54) is 51.4 Å². The summed E-state index contributed by atoms with van der Waals surface area (Å²) in [6.07, 6.45) is 9.38. The van der Waals surface area contributed by atoms with Gasteiger partial charge in [0.05, 0.1) is 5.92 Å². The molecule has 3 aliphatic carbocycles. The van der Waals surface area contributed by atoms with Gasteiger partial charge >= 0.3 is 0 Å². The maximum absolute atomic E-state index is 14.5. The second kappa shape index (κ2) is 10.3. The molecule has 0 radical (unpaired) electrons. The molecule has 3 aliphatic rings. The van der Waals surface area contributed by atoms with Gasteiger partial charge in [0, 0.05) is 5.92 Å². The molecule has 0 saturated heterocycles. The fourth-order valence-electron chi connectivity index (χ4n) is 5.72. The van der Waals surface area contributed by atoms with Gasteiger partial charge in [-0.2, -0.15) is 0 Å². The van der Waals surface area contributed by atoms with Crippen molar-refractivity contribution < 1.29 is 8.78 Å². The zero-order valence-electron chi connectivity index (χ0n) is 17.0. The van der Waals surface area contributed by atoms with Gasteiger partial charge in [0.2, 0.25) is 0 Å². The summed E-state index contributed by atoms with van der Waals surface area (Å²) in [6, 6.07) is 0. The number of rotatable bonds is 2. The molecule has 3 saturated carbocycles. The first-order valence-corrected chi connectivity index (χ1v) is 11.2. The maximum Gasteiger partial charge on any atom is 0.145 e. The quantitative estimate of drug-likeness (QED) is 0.432. The molecule has 0 N–H and O–H groups in total. The van der Waals surface area contributed by atoms with Crippen molar-refractivity contribution >= 4 is 0 Å². The highest BCUT2D eigenvalue weighted by Crippen LogP contribution is 2.41.